The van der Waals surface area contributed by atoms with Gasteiger partial charge in [-0.15, -0.1) is 0 Å². The van der Waals surface area contributed by atoms with Crippen LogP contribution in [0.15, 0.2) is 47.5 Å². The molecule has 0 aliphatic carbocycles. The lowest BCUT2D eigenvalue weighted by Gasteiger charge is -2.32. The van der Waals surface area contributed by atoms with Crippen molar-refractivity contribution in [3.05, 3.63) is 48.2 Å². The highest BCUT2D eigenvalue weighted by molar-refractivity contribution is 7.90. The van der Waals surface area contributed by atoms with Gasteiger partial charge in [0.2, 0.25) is 0 Å². The monoisotopic (exact) mass is 345 g/mol. The van der Waals surface area contributed by atoms with Gasteiger partial charge in [-0.05, 0) is 30.8 Å². The first-order chi connectivity index (χ1) is 11.4. The average Bonchev–Trinajstić information content (AvgIpc) is 2.57. The fourth-order valence-electron chi connectivity index (χ4n) is 2.83. The molecule has 1 aliphatic heterocycles. The van der Waals surface area contributed by atoms with Crippen LogP contribution in [-0.2, 0) is 16.4 Å². The van der Waals surface area contributed by atoms with Gasteiger partial charge in [-0.2, -0.15) is 0 Å². The summed E-state index contributed by atoms with van der Waals surface area (Å²) in [5, 5.41) is 0. The molecule has 0 spiro atoms. The van der Waals surface area contributed by atoms with Crippen LogP contribution in [0, 0.1) is 0 Å². The maximum absolute atomic E-state index is 11.5. The zero-order valence-electron chi connectivity index (χ0n) is 14.1. The Hall–Kier alpha value is -1.76. The molecule has 5 nitrogen and oxygen atoms in total. The van der Waals surface area contributed by atoms with Crippen molar-refractivity contribution >= 4 is 9.84 Å². The topological polar surface area (TPSA) is 53.5 Å². The van der Waals surface area contributed by atoms with Crippen molar-refractivity contribution in [3.8, 4) is 11.3 Å². The summed E-state index contributed by atoms with van der Waals surface area (Å²) >= 11 is 0. The van der Waals surface area contributed by atoms with E-state index in [2.05, 4.69) is 27.9 Å². The van der Waals surface area contributed by atoms with Gasteiger partial charge in [-0.1, -0.05) is 18.2 Å². The number of nitrogens with zero attached hydrogens (tertiary/aromatic N) is 3. The van der Waals surface area contributed by atoms with Crippen LogP contribution < -0.4 is 0 Å². The molecule has 128 valence electrons. The van der Waals surface area contributed by atoms with E-state index in [0.717, 1.165) is 44.0 Å². The highest BCUT2D eigenvalue weighted by Crippen LogP contribution is 2.20. The summed E-state index contributed by atoms with van der Waals surface area (Å²) in [6.45, 7) is 5.32. The van der Waals surface area contributed by atoms with Gasteiger partial charge in [0.15, 0.2) is 9.84 Å². The third kappa shape index (κ3) is 4.20. The smallest absolute Gasteiger partial charge is 0.175 e. The Bertz CT molecular complexity index is 778. The molecule has 1 saturated heterocycles. The van der Waals surface area contributed by atoms with Gasteiger partial charge in [0.25, 0.3) is 0 Å². The second-order valence-electron chi connectivity index (χ2n) is 6.43. The second kappa shape index (κ2) is 7.01. The predicted octanol–water partition coefficient (Wildman–Crippen LogP) is 1.90. The molecule has 6 heteroatoms. The van der Waals surface area contributed by atoms with E-state index in [-0.39, 0.29) is 0 Å². The van der Waals surface area contributed by atoms with E-state index in [1.54, 1.807) is 24.3 Å². The van der Waals surface area contributed by atoms with Crippen LogP contribution in [0.25, 0.3) is 11.3 Å². The highest BCUT2D eigenvalue weighted by atomic mass is 32.2. The number of benzene rings is 1. The zero-order chi connectivity index (χ0) is 17.2. The van der Waals surface area contributed by atoms with E-state index in [1.807, 2.05) is 12.3 Å². The lowest BCUT2D eigenvalue weighted by atomic mass is 10.1. The van der Waals surface area contributed by atoms with E-state index in [9.17, 15) is 8.42 Å². The molecule has 1 aliphatic rings. The van der Waals surface area contributed by atoms with Gasteiger partial charge in [0.05, 0.1) is 10.6 Å². The predicted molar refractivity (Wildman–Crippen MR) is 95.6 cm³/mol. The zero-order valence-corrected chi connectivity index (χ0v) is 15.0. The largest absolute Gasteiger partial charge is 0.304 e. The van der Waals surface area contributed by atoms with Crippen molar-refractivity contribution in [1.29, 1.82) is 0 Å². The van der Waals surface area contributed by atoms with Crippen LogP contribution in [-0.4, -0.2) is 62.7 Å². The summed E-state index contributed by atoms with van der Waals surface area (Å²) < 4.78 is 23.0. The Morgan fingerprint density at radius 2 is 1.67 bits per heavy atom. The molecule has 2 aromatic rings. The third-order valence-electron chi connectivity index (χ3n) is 4.41. The first-order valence-electron chi connectivity index (χ1n) is 8.08. The first kappa shape index (κ1) is 17.1. The van der Waals surface area contributed by atoms with Crippen molar-refractivity contribution in [2.24, 2.45) is 0 Å². The summed E-state index contributed by atoms with van der Waals surface area (Å²) in [5.41, 5.74) is 2.99. The van der Waals surface area contributed by atoms with Crippen molar-refractivity contribution in [3.63, 3.8) is 0 Å². The van der Waals surface area contributed by atoms with Crippen LogP contribution in [0.4, 0.5) is 0 Å². The maximum atomic E-state index is 11.5. The number of piperazine rings is 1. The molecule has 0 bridgehead atoms. The Morgan fingerprint density at radius 3 is 2.21 bits per heavy atom. The van der Waals surface area contributed by atoms with Crippen LogP contribution in [0.3, 0.4) is 0 Å². The molecule has 1 aromatic carbocycles. The van der Waals surface area contributed by atoms with Crippen molar-refractivity contribution < 1.29 is 8.42 Å². The van der Waals surface area contributed by atoms with Gasteiger partial charge < -0.3 is 4.90 Å². The molecule has 0 amide bonds. The summed E-state index contributed by atoms with van der Waals surface area (Å²) in [6, 6.07) is 11.0. The fraction of sp³-hybridized carbons (Fsp3) is 0.389. The molecule has 0 atom stereocenters. The minimum absolute atomic E-state index is 0.331. The van der Waals surface area contributed by atoms with Crippen LogP contribution in [0.1, 0.15) is 5.56 Å². The fourth-order valence-corrected chi connectivity index (χ4v) is 3.46. The van der Waals surface area contributed by atoms with E-state index in [1.165, 1.54) is 11.8 Å². The summed E-state index contributed by atoms with van der Waals surface area (Å²) in [5.74, 6) is 0. The van der Waals surface area contributed by atoms with Crippen LogP contribution in [0.2, 0.25) is 0 Å². The number of likely N-dealkylation sites (N-methyl/N-ethyl adjacent to an activating group) is 1. The maximum Gasteiger partial charge on any atom is 0.175 e. The number of aromatic nitrogens is 1. The Labute approximate surface area is 143 Å². The summed E-state index contributed by atoms with van der Waals surface area (Å²) in [7, 11) is -1.00. The molecule has 0 N–H and O–H groups in total. The Morgan fingerprint density at radius 1 is 1.00 bits per heavy atom. The van der Waals surface area contributed by atoms with Crippen LogP contribution >= 0.6 is 0 Å². The van der Waals surface area contributed by atoms with Gasteiger partial charge in [0.1, 0.15) is 0 Å². The lowest BCUT2D eigenvalue weighted by molar-refractivity contribution is 0.148. The number of rotatable bonds is 4. The van der Waals surface area contributed by atoms with Gasteiger partial charge in [-0.3, -0.25) is 9.88 Å². The van der Waals surface area contributed by atoms with E-state index >= 15 is 0 Å². The molecule has 24 heavy (non-hydrogen) atoms. The van der Waals surface area contributed by atoms with Crippen molar-refractivity contribution in [2.45, 2.75) is 11.4 Å². The number of hydrogen-bond donors (Lipinski definition) is 0. The van der Waals surface area contributed by atoms with Gasteiger partial charge >= 0.3 is 0 Å². The van der Waals surface area contributed by atoms with E-state index in [0.29, 0.717) is 4.90 Å². The second-order valence-corrected chi connectivity index (χ2v) is 8.44. The summed E-state index contributed by atoms with van der Waals surface area (Å²) in [4.78, 5) is 9.65. The van der Waals surface area contributed by atoms with E-state index < -0.39 is 9.84 Å². The van der Waals surface area contributed by atoms with Gasteiger partial charge in [-0.25, -0.2) is 8.42 Å². The molecular weight excluding hydrogens is 322 g/mol. The standard InChI is InChI=1S/C18H23N3O2S/c1-20-9-11-21(12-10-20)14-15-3-8-18(19-13-15)16-4-6-17(7-5-16)24(2,22)23/h3-8,13H,9-12,14H2,1-2H3. The highest BCUT2D eigenvalue weighted by Gasteiger charge is 2.14. The minimum atomic E-state index is -3.16. The third-order valence-corrected chi connectivity index (χ3v) is 5.53. The Balaban J connectivity index is 1.68. The lowest BCUT2D eigenvalue weighted by Crippen LogP contribution is -2.43. The summed E-state index contributed by atoms with van der Waals surface area (Å²) in [6.07, 6.45) is 3.13. The molecule has 1 fully saturated rings. The van der Waals surface area contributed by atoms with Gasteiger partial charge in [0, 0.05) is 50.7 Å². The van der Waals surface area contributed by atoms with E-state index in [4.69, 9.17) is 0 Å². The first-order valence-corrected chi connectivity index (χ1v) is 9.97. The number of sulfone groups is 1. The molecule has 0 saturated carbocycles. The van der Waals surface area contributed by atoms with Crippen molar-refractivity contribution in [1.82, 2.24) is 14.8 Å². The molecular formula is C18H23N3O2S. The SMILES string of the molecule is CN1CCN(Cc2ccc(-c3ccc(S(C)(=O)=O)cc3)nc2)CC1. The molecule has 0 radical (unpaired) electrons. The quantitative estimate of drug-likeness (QED) is 0.847. The molecule has 3 rings (SSSR count). The average molecular weight is 345 g/mol. The Kier molecular flexibility index (Phi) is 4.99. The minimum Gasteiger partial charge on any atom is -0.304 e. The molecule has 1 aromatic heterocycles. The number of hydrogen-bond acceptors (Lipinski definition) is 5. The normalized spacial score (nSPS) is 17.1. The number of pyridine rings is 1. The van der Waals surface area contributed by atoms with Crippen molar-refractivity contribution in [2.75, 3.05) is 39.5 Å². The van der Waals surface area contributed by atoms with Crippen LogP contribution in [0.5, 0.6) is 0 Å². The molecule has 2 heterocycles. The molecule has 0 unspecified atom stereocenters.